The van der Waals surface area contributed by atoms with Gasteiger partial charge in [-0.25, -0.2) is 5.43 Å². The fraction of sp³-hybridized carbons (Fsp3) is 0.167. The number of nitro benzene ring substituents is 1. The zero-order valence-corrected chi connectivity index (χ0v) is 15.9. The molecule has 3 N–H and O–H groups in total. The van der Waals surface area contributed by atoms with Crippen molar-refractivity contribution in [2.75, 3.05) is 6.54 Å². The maximum Gasteiger partial charge on any atom is 0.312 e. The average molecular weight is 447 g/mol. The Morgan fingerprint density at radius 3 is 2.75 bits per heavy atom. The van der Waals surface area contributed by atoms with Gasteiger partial charge in [0.1, 0.15) is 5.92 Å². The molecular formula is C18H15BrN4O5. The van der Waals surface area contributed by atoms with Crippen LogP contribution in [0, 0.1) is 16.0 Å². The van der Waals surface area contributed by atoms with E-state index in [1.165, 1.54) is 6.07 Å². The average Bonchev–Trinajstić information content (AvgIpc) is 3.06. The molecule has 2 aromatic carbocycles. The van der Waals surface area contributed by atoms with Crippen LogP contribution >= 0.6 is 15.9 Å². The van der Waals surface area contributed by atoms with Gasteiger partial charge in [-0.2, -0.15) is 5.10 Å². The number of halogens is 1. The molecule has 0 bridgehead atoms. The molecule has 0 radical (unpaired) electrons. The van der Waals surface area contributed by atoms with E-state index in [0.29, 0.717) is 11.0 Å². The summed E-state index contributed by atoms with van der Waals surface area (Å²) in [7, 11) is 0. The van der Waals surface area contributed by atoms with E-state index < -0.39 is 34.1 Å². The third-order valence-electron chi connectivity index (χ3n) is 4.35. The number of amides is 2. The number of hydrogen-bond acceptors (Lipinski definition) is 6. The zero-order chi connectivity index (χ0) is 20.3. The number of benzene rings is 2. The molecule has 3 rings (SSSR count). The maximum atomic E-state index is 12.5. The predicted molar refractivity (Wildman–Crippen MR) is 104 cm³/mol. The zero-order valence-electron chi connectivity index (χ0n) is 14.3. The van der Waals surface area contributed by atoms with Crippen LogP contribution in [0.25, 0.3) is 0 Å². The lowest BCUT2D eigenvalue weighted by atomic mass is 9.88. The lowest BCUT2D eigenvalue weighted by Gasteiger charge is -2.15. The highest BCUT2D eigenvalue weighted by Crippen LogP contribution is 2.32. The van der Waals surface area contributed by atoms with E-state index >= 15 is 0 Å². The van der Waals surface area contributed by atoms with Crippen molar-refractivity contribution in [1.29, 1.82) is 0 Å². The fourth-order valence-corrected chi connectivity index (χ4v) is 3.47. The summed E-state index contributed by atoms with van der Waals surface area (Å²) in [5.41, 5.74) is 2.66. The molecule has 144 valence electrons. The normalized spacial score (nSPS) is 18.8. The van der Waals surface area contributed by atoms with Crippen molar-refractivity contribution in [1.82, 2.24) is 10.7 Å². The quantitative estimate of drug-likeness (QED) is 0.279. The summed E-state index contributed by atoms with van der Waals surface area (Å²) in [6, 6.07) is 11.7. The Morgan fingerprint density at radius 1 is 1.36 bits per heavy atom. The monoisotopic (exact) mass is 446 g/mol. The summed E-state index contributed by atoms with van der Waals surface area (Å²) in [4.78, 5) is 34.8. The standard InChI is InChI=1S/C18H15BrN4O5/c19-12-6-11(16(24)14(7-12)23(27)28)8-21-22-18(26)15-13(9-20-17(15)25)10-4-2-1-3-5-10/h1-8,13,15,24H,9H2,(H,20,25)(H,22,26)/b21-8+/t13-,15+/m1/s1. The molecule has 2 atom stereocenters. The van der Waals surface area contributed by atoms with E-state index in [-0.39, 0.29) is 11.5 Å². The Morgan fingerprint density at radius 2 is 2.07 bits per heavy atom. The van der Waals surface area contributed by atoms with Crippen LogP contribution in [0.2, 0.25) is 0 Å². The first-order valence-electron chi connectivity index (χ1n) is 8.21. The molecule has 0 spiro atoms. The van der Waals surface area contributed by atoms with Crippen LogP contribution in [0.15, 0.2) is 52.0 Å². The third-order valence-corrected chi connectivity index (χ3v) is 4.81. The highest BCUT2D eigenvalue weighted by molar-refractivity contribution is 9.10. The number of nitrogens with zero attached hydrogens (tertiary/aromatic N) is 2. The lowest BCUT2D eigenvalue weighted by Crippen LogP contribution is -2.34. The summed E-state index contributed by atoms with van der Waals surface area (Å²) in [5, 5.41) is 27.3. The first-order chi connectivity index (χ1) is 13.4. The second-order valence-corrected chi connectivity index (χ2v) is 7.01. The molecule has 1 saturated heterocycles. The predicted octanol–water partition coefficient (Wildman–Crippen LogP) is 2.04. The van der Waals surface area contributed by atoms with E-state index in [1.54, 1.807) is 0 Å². The van der Waals surface area contributed by atoms with Gasteiger partial charge < -0.3 is 10.4 Å². The van der Waals surface area contributed by atoms with E-state index in [9.17, 15) is 24.8 Å². The molecule has 0 unspecified atom stereocenters. The minimum atomic E-state index is -0.954. The summed E-state index contributed by atoms with van der Waals surface area (Å²) in [6.45, 7) is 0.337. The third kappa shape index (κ3) is 4.01. The molecule has 9 nitrogen and oxygen atoms in total. The Labute approximate surface area is 167 Å². The molecule has 1 aliphatic heterocycles. The highest BCUT2D eigenvalue weighted by Gasteiger charge is 2.40. The van der Waals surface area contributed by atoms with Crippen LogP contribution in [0.4, 0.5) is 5.69 Å². The number of aromatic hydroxyl groups is 1. The summed E-state index contributed by atoms with van der Waals surface area (Å²) < 4.78 is 0.365. The van der Waals surface area contributed by atoms with Crippen molar-refractivity contribution < 1.29 is 19.6 Å². The Bertz CT molecular complexity index is 964. The van der Waals surface area contributed by atoms with Crippen molar-refractivity contribution in [2.45, 2.75) is 5.92 Å². The smallest absolute Gasteiger partial charge is 0.312 e. The first-order valence-corrected chi connectivity index (χ1v) is 9.00. The Kier molecular flexibility index (Phi) is 5.69. The molecular weight excluding hydrogens is 432 g/mol. The highest BCUT2D eigenvalue weighted by atomic mass is 79.9. The Balaban J connectivity index is 1.76. The second-order valence-electron chi connectivity index (χ2n) is 6.09. The fourth-order valence-electron chi connectivity index (χ4n) is 3.01. The van der Waals surface area contributed by atoms with Gasteiger partial charge in [0.25, 0.3) is 5.91 Å². The number of nitrogens with one attached hydrogen (secondary N) is 2. The van der Waals surface area contributed by atoms with Crippen molar-refractivity contribution in [3.63, 3.8) is 0 Å². The van der Waals surface area contributed by atoms with Crippen LogP contribution in [-0.4, -0.2) is 34.6 Å². The number of phenolic OH excluding ortho intramolecular Hbond substituents is 1. The molecule has 1 heterocycles. The molecule has 0 aliphatic carbocycles. The van der Waals surface area contributed by atoms with E-state index in [1.807, 2.05) is 30.3 Å². The van der Waals surface area contributed by atoms with Gasteiger partial charge in [-0.3, -0.25) is 19.7 Å². The van der Waals surface area contributed by atoms with E-state index in [0.717, 1.165) is 17.8 Å². The Hall–Kier alpha value is -3.27. The van der Waals surface area contributed by atoms with Gasteiger partial charge in [-0.15, -0.1) is 0 Å². The minimum absolute atomic E-state index is 0.0388. The number of hydrazone groups is 1. The van der Waals surface area contributed by atoms with Gasteiger partial charge >= 0.3 is 5.69 Å². The topological polar surface area (TPSA) is 134 Å². The van der Waals surface area contributed by atoms with Crippen LogP contribution in [0.5, 0.6) is 5.75 Å². The first kappa shape index (κ1) is 19.5. The number of rotatable bonds is 5. The number of hydrogen-bond donors (Lipinski definition) is 3. The van der Waals surface area contributed by atoms with Crippen molar-refractivity contribution >= 4 is 39.6 Å². The molecule has 28 heavy (non-hydrogen) atoms. The number of phenols is 1. The van der Waals surface area contributed by atoms with Crippen LogP contribution in [0.1, 0.15) is 17.0 Å². The second kappa shape index (κ2) is 8.17. The number of carbonyl (C=O) groups is 2. The summed E-state index contributed by atoms with van der Waals surface area (Å²) >= 11 is 3.11. The van der Waals surface area contributed by atoms with Gasteiger partial charge in [-0.05, 0) is 11.6 Å². The van der Waals surface area contributed by atoms with Crippen molar-refractivity contribution in [3.8, 4) is 5.75 Å². The molecule has 2 amide bonds. The van der Waals surface area contributed by atoms with Gasteiger partial charge in [0.2, 0.25) is 11.7 Å². The van der Waals surface area contributed by atoms with Crippen LogP contribution < -0.4 is 10.7 Å². The summed E-state index contributed by atoms with van der Waals surface area (Å²) in [5.74, 6) is -2.87. The van der Waals surface area contributed by atoms with Crippen molar-refractivity contribution in [3.05, 3.63) is 68.2 Å². The van der Waals surface area contributed by atoms with Crippen LogP contribution in [-0.2, 0) is 9.59 Å². The van der Waals surface area contributed by atoms with Gasteiger partial charge in [-0.1, -0.05) is 46.3 Å². The van der Waals surface area contributed by atoms with Crippen LogP contribution in [0.3, 0.4) is 0 Å². The van der Waals surface area contributed by atoms with E-state index in [2.05, 4.69) is 31.8 Å². The molecule has 0 aromatic heterocycles. The van der Waals surface area contributed by atoms with Gasteiger partial charge in [0.15, 0.2) is 0 Å². The molecule has 2 aromatic rings. The minimum Gasteiger partial charge on any atom is -0.502 e. The molecule has 10 heteroatoms. The molecule has 0 saturated carbocycles. The van der Waals surface area contributed by atoms with Gasteiger partial charge in [0, 0.05) is 28.6 Å². The summed E-state index contributed by atoms with van der Waals surface area (Å²) in [6.07, 6.45) is 1.08. The van der Waals surface area contributed by atoms with Gasteiger partial charge in [0.05, 0.1) is 11.1 Å². The molecule has 1 fully saturated rings. The van der Waals surface area contributed by atoms with Crippen molar-refractivity contribution in [2.24, 2.45) is 11.0 Å². The number of carbonyl (C=O) groups excluding carboxylic acids is 2. The lowest BCUT2D eigenvalue weighted by molar-refractivity contribution is -0.385. The molecule has 1 aliphatic rings. The SMILES string of the molecule is O=C1NC[C@H](c2ccccc2)[C@@H]1C(=O)N/N=C/c1cc(Br)cc([N+](=O)[O-])c1O. The number of nitro groups is 1. The largest absolute Gasteiger partial charge is 0.502 e. The van der Waals surface area contributed by atoms with E-state index in [4.69, 9.17) is 0 Å². The maximum absolute atomic E-state index is 12.5.